The van der Waals surface area contributed by atoms with E-state index in [1.165, 1.54) is 0 Å². The molecule has 152 valence electrons. The Morgan fingerprint density at radius 2 is 1.61 bits per heavy atom. The van der Waals surface area contributed by atoms with E-state index in [1.54, 1.807) is 21.0 Å². The van der Waals surface area contributed by atoms with Crippen molar-refractivity contribution in [1.29, 1.82) is 0 Å². The van der Waals surface area contributed by atoms with E-state index < -0.39 is 17.9 Å². The van der Waals surface area contributed by atoms with E-state index in [4.69, 9.17) is 14.2 Å². The Balaban J connectivity index is 2.57. The summed E-state index contributed by atoms with van der Waals surface area (Å²) in [7, 11) is 1.59. The third kappa shape index (κ3) is 4.74. The minimum absolute atomic E-state index is 0.271. The SMILES string of the molecule is CCCOC(=O)C1=C(C)NC(C)=C(C(=O)OC(C)C)C1c1ccc(OC)cc1. The maximum Gasteiger partial charge on any atom is 0.337 e. The van der Waals surface area contributed by atoms with Crippen LogP contribution in [0.25, 0.3) is 0 Å². The Labute approximate surface area is 166 Å². The molecular weight excluding hydrogens is 358 g/mol. The van der Waals surface area contributed by atoms with E-state index in [-0.39, 0.29) is 6.10 Å². The molecule has 0 saturated carbocycles. The molecule has 0 aliphatic carbocycles. The Morgan fingerprint density at radius 1 is 1.04 bits per heavy atom. The number of nitrogens with one attached hydrogen (secondary N) is 1. The second-order valence-electron chi connectivity index (χ2n) is 7.00. The number of rotatable bonds is 7. The first-order chi connectivity index (χ1) is 13.3. The van der Waals surface area contributed by atoms with Crippen LogP contribution < -0.4 is 10.1 Å². The quantitative estimate of drug-likeness (QED) is 0.717. The summed E-state index contributed by atoms with van der Waals surface area (Å²) in [5.74, 6) is -0.771. The molecule has 6 nitrogen and oxygen atoms in total. The molecule has 1 aliphatic rings. The number of dihydropyridines is 1. The van der Waals surface area contributed by atoms with Gasteiger partial charge in [0, 0.05) is 11.4 Å². The van der Waals surface area contributed by atoms with Crippen LogP contribution in [0.4, 0.5) is 0 Å². The van der Waals surface area contributed by atoms with Gasteiger partial charge in [-0.2, -0.15) is 0 Å². The zero-order valence-corrected chi connectivity index (χ0v) is 17.4. The average molecular weight is 387 g/mol. The average Bonchev–Trinajstić information content (AvgIpc) is 2.64. The van der Waals surface area contributed by atoms with Crippen LogP contribution in [-0.2, 0) is 19.1 Å². The summed E-state index contributed by atoms with van der Waals surface area (Å²) in [4.78, 5) is 25.7. The number of allylic oxidation sites excluding steroid dienone is 2. The van der Waals surface area contributed by atoms with Crippen LogP contribution in [0.2, 0.25) is 0 Å². The van der Waals surface area contributed by atoms with Crippen molar-refractivity contribution in [3.63, 3.8) is 0 Å². The highest BCUT2D eigenvalue weighted by molar-refractivity contribution is 5.99. The monoisotopic (exact) mass is 387 g/mol. The molecule has 2 rings (SSSR count). The first-order valence-electron chi connectivity index (χ1n) is 9.50. The lowest BCUT2D eigenvalue weighted by atomic mass is 9.80. The number of hydrogen-bond donors (Lipinski definition) is 1. The van der Waals surface area contributed by atoms with Crippen molar-refractivity contribution in [2.75, 3.05) is 13.7 Å². The number of methoxy groups -OCH3 is 1. The predicted molar refractivity (Wildman–Crippen MR) is 107 cm³/mol. The van der Waals surface area contributed by atoms with Crippen LogP contribution in [0.5, 0.6) is 5.75 Å². The van der Waals surface area contributed by atoms with Crippen molar-refractivity contribution in [1.82, 2.24) is 5.32 Å². The number of esters is 2. The van der Waals surface area contributed by atoms with Gasteiger partial charge in [0.15, 0.2) is 0 Å². The minimum Gasteiger partial charge on any atom is -0.497 e. The van der Waals surface area contributed by atoms with E-state index in [9.17, 15) is 9.59 Å². The van der Waals surface area contributed by atoms with Gasteiger partial charge in [-0.3, -0.25) is 0 Å². The van der Waals surface area contributed by atoms with E-state index in [0.717, 1.165) is 12.0 Å². The highest BCUT2D eigenvalue weighted by Gasteiger charge is 2.38. The first-order valence-corrected chi connectivity index (χ1v) is 9.50. The topological polar surface area (TPSA) is 73.9 Å². The summed E-state index contributed by atoms with van der Waals surface area (Å²) in [6.07, 6.45) is 0.447. The molecule has 0 spiro atoms. The van der Waals surface area contributed by atoms with Gasteiger partial charge < -0.3 is 19.5 Å². The van der Waals surface area contributed by atoms with Gasteiger partial charge in [-0.1, -0.05) is 19.1 Å². The highest BCUT2D eigenvalue weighted by atomic mass is 16.5. The third-order valence-corrected chi connectivity index (χ3v) is 4.43. The minimum atomic E-state index is -0.581. The molecule has 1 N–H and O–H groups in total. The number of carbonyl (C=O) groups excluding carboxylic acids is 2. The smallest absolute Gasteiger partial charge is 0.337 e. The zero-order chi connectivity index (χ0) is 20.8. The second-order valence-corrected chi connectivity index (χ2v) is 7.00. The lowest BCUT2D eigenvalue weighted by Gasteiger charge is -2.31. The van der Waals surface area contributed by atoms with Gasteiger partial charge in [0.1, 0.15) is 5.75 Å². The van der Waals surface area contributed by atoms with Gasteiger partial charge in [-0.15, -0.1) is 0 Å². The summed E-state index contributed by atoms with van der Waals surface area (Å²) >= 11 is 0. The molecule has 1 aromatic carbocycles. The summed E-state index contributed by atoms with van der Waals surface area (Å²) < 4.78 is 16.1. The Morgan fingerprint density at radius 3 is 2.11 bits per heavy atom. The van der Waals surface area contributed by atoms with Gasteiger partial charge in [0.25, 0.3) is 0 Å². The molecular formula is C22H29NO5. The van der Waals surface area contributed by atoms with Crippen LogP contribution in [-0.4, -0.2) is 31.8 Å². The van der Waals surface area contributed by atoms with E-state index >= 15 is 0 Å². The van der Waals surface area contributed by atoms with Crippen LogP contribution >= 0.6 is 0 Å². The lowest BCUT2D eigenvalue weighted by Crippen LogP contribution is -2.33. The molecule has 0 saturated heterocycles. The molecule has 6 heteroatoms. The van der Waals surface area contributed by atoms with Crippen LogP contribution in [0.1, 0.15) is 52.5 Å². The second kappa shape index (κ2) is 9.44. The molecule has 28 heavy (non-hydrogen) atoms. The molecule has 1 unspecified atom stereocenters. The highest BCUT2D eigenvalue weighted by Crippen LogP contribution is 2.39. The lowest BCUT2D eigenvalue weighted by molar-refractivity contribution is -0.143. The largest absolute Gasteiger partial charge is 0.497 e. The van der Waals surface area contributed by atoms with Crippen LogP contribution in [0.15, 0.2) is 46.8 Å². The van der Waals surface area contributed by atoms with Crippen molar-refractivity contribution in [3.05, 3.63) is 52.4 Å². The van der Waals surface area contributed by atoms with Crippen molar-refractivity contribution < 1.29 is 23.8 Å². The van der Waals surface area contributed by atoms with Crippen molar-refractivity contribution >= 4 is 11.9 Å². The van der Waals surface area contributed by atoms with E-state index in [1.807, 2.05) is 45.0 Å². The molecule has 0 amide bonds. The maximum atomic E-state index is 12.9. The molecule has 1 aromatic rings. The van der Waals surface area contributed by atoms with Gasteiger partial charge in [-0.25, -0.2) is 9.59 Å². The number of hydrogen-bond acceptors (Lipinski definition) is 6. The fourth-order valence-electron chi connectivity index (χ4n) is 3.21. The van der Waals surface area contributed by atoms with E-state index in [0.29, 0.717) is 34.9 Å². The third-order valence-electron chi connectivity index (χ3n) is 4.43. The number of ether oxygens (including phenoxy) is 3. The van der Waals surface area contributed by atoms with Crippen molar-refractivity contribution in [3.8, 4) is 5.75 Å². The van der Waals surface area contributed by atoms with Gasteiger partial charge in [0.05, 0.1) is 36.9 Å². The van der Waals surface area contributed by atoms with Gasteiger partial charge in [0.2, 0.25) is 0 Å². The predicted octanol–water partition coefficient (Wildman–Crippen LogP) is 3.83. The van der Waals surface area contributed by atoms with Crippen molar-refractivity contribution in [2.45, 2.75) is 53.1 Å². The van der Waals surface area contributed by atoms with Crippen molar-refractivity contribution in [2.24, 2.45) is 0 Å². The molecule has 0 radical (unpaired) electrons. The molecule has 0 aromatic heterocycles. The summed E-state index contributed by atoms with van der Waals surface area (Å²) in [6.45, 7) is 9.47. The fraction of sp³-hybridized carbons (Fsp3) is 0.455. The fourth-order valence-corrected chi connectivity index (χ4v) is 3.21. The Hall–Kier alpha value is -2.76. The first kappa shape index (κ1) is 21.5. The van der Waals surface area contributed by atoms with E-state index in [2.05, 4.69) is 5.32 Å². The standard InChI is InChI=1S/C22H29NO5/c1-7-12-27-21(24)18-14(4)23-15(5)19(22(25)28-13(2)3)20(18)16-8-10-17(26-6)11-9-16/h8-11,13,20,23H,7,12H2,1-6H3. The molecule has 1 aliphatic heterocycles. The normalized spacial score (nSPS) is 16.8. The summed E-state index contributed by atoms with van der Waals surface area (Å²) in [5.41, 5.74) is 2.95. The van der Waals surface area contributed by atoms with Crippen LogP contribution in [0.3, 0.4) is 0 Å². The number of benzene rings is 1. The zero-order valence-electron chi connectivity index (χ0n) is 17.4. The Kier molecular flexibility index (Phi) is 7.26. The maximum absolute atomic E-state index is 12.9. The molecule has 1 heterocycles. The van der Waals surface area contributed by atoms with Gasteiger partial charge >= 0.3 is 11.9 Å². The molecule has 0 bridgehead atoms. The molecule has 1 atom stereocenters. The molecule has 0 fully saturated rings. The number of carbonyl (C=O) groups is 2. The van der Waals surface area contributed by atoms with Crippen LogP contribution in [0, 0.1) is 0 Å². The Bertz CT molecular complexity index is 790. The summed E-state index contributed by atoms with van der Waals surface area (Å²) in [6, 6.07) is 7.32. The van der Waals surface area contributed by atoms with Gasteiger partial charge in [-0.05, 0) is 51.8 Å². The summed E-state index contributed by atoms with van der Waals surface area (Å²) in [5, 5.41) is 3.15.